The van der Waals surface area contributed by atoms with E-state index in [1.807, 2.05) is 0 Å². The van der Waals surface area contributed by atoms with Gasteiger partial charge in [-0.15, -0.1) is 0 Å². The monoisotopic (exact) mass is 273 g/mol. The predicted octanol–water partition coefficient (Wildman–Crippen LogP) is 3.04. The molecule has 0 spiro atoms. The van der Waals surface area contributed by atoms with Gasteiger partial charge in [-0.2, -0.15) is 0 Å². The number of hydrogen-bond donors (Lipinski definition) is 1. The Labute approximate surface area is 117 Å². The van der Waals surface area contributed by atoms with Crippen molar-refractivity contribution in [1.82, 2.24) is 4.98 Å². The molecule has 0 radical (unpaired) electrons. The average molecular weight is 273 g/mol. The number of nitrogens with zero attached hydrogens (tertiary/aromatic N) is 2. The molecule has 0 amide bonds. The number of aromatic nitrogens is 1. The van der Waals surface area contributed by atoms with Crippen molar-refractivity contribution in [2.45, 2.75) is 43.9 Å². The lowest BCUT2D eigenvalue weighted by Gasteiger charge is -2.57. The first-order valence-corrected chi connectivity index (χ1v) is 7.46. The quantitative estimate of drug-likeness (QED) is 0.663. The fourth-order valence-electron chi connectivity index (χ4n) is 5.43. The van der Waals surface area contributed by atoms with E-state index in [-0.39, 0.29) is 16.0 Å². The highest BCUT2D eigenvalue weighted by atomic mass is 16.6. The molecule has 4 saturated carbocycles. The summed E-state index contributed by atoms with van der Waals surface area (Å²) < 4.78 is 0. The van der Waals surface area contributed by atoms with Gasteiger partial charge in [0.15, 0.2) is 0 Å². The van der Waals surface area contributed by atoms with Crippen molar-refractivity contribution in [2.75, 3.05) is 5.73 Å². The molecule has 5 rings (SSSR count). The summed E-state index contributed by atoms with van der Waals surface area (Å²) in [5, 5.41) is 11.0. The average Bonchev–Trinajstić information content (AvgIpc) is 2.37. The Balaban J connectivity index is 1.80. The number of anilines is 1. The van der Waals surface area contributed by atoms with E-state index in [1.165, 1.54) is 25.5 Å². The van der Waals surface area contributed by atoms with Crippen molar-refractivity contribution >= 4 is 11.5 Å². The molecule has 20 heavy (non-hydrogen) atoms. The van der Waals surface area contributed by atoms with E-state index >= 15 is 0 Å². The van der Waals surface area contributed by atoms with Gasteiger partial charge in [-0.3, -0.25) is 10.1 Å². The van der Waals surface area contributed by atoms with Crippen molar-refractivity contribution in [3.63, 3.8) is 0 Å². The highest BCUT2D eigenvalue weighted by Gasteiger charge is 2.52. The van der Waals surface area contributed by atoms with Gasteiger partial charge < -0.3 is 5.73 Å². The summed E-state index contributed by atoms with van der Waals surface area (Å²) in [6.07, 6.45) is 8.76. The van der Waals surface area contributed by atoms with Crippen molar-refractivity contribution in [1.29, 1.82) is 0 Å². The first kappa shape index (κ1) is 12.1. The van der Waals surface area contributed by atoms with Crippen LogP contribution in [-0.2, 0) is 5.41 Å². The fraction of sp³-hybridized carbons (Fsp3) is 0.667. The van der Waals surface area contributed by atoms with Crippen LogP contribution in [0.3, 0.4) is 0 Å². The molecule has 1 heterocycles. The third kappa shape index (κ3) is 1.65. The van der Waals surface area contributed by atoms with Crippen LogP contribution < -0.4 is 5.73 Å². The Morgan fingerprint density at radius 1 is 1.20 bits per heavy atom. The number of nitrogen functional groups attached to an aromatic ring is 1. The Hall–Kier alpha value is -1.65. The van der Waals surface area contributed by atoms with Crippen LogP contribution in [-0.4, -0.2) is 9.91 Å². The molecule has 4 bridgehead atoms. The van der Waals surface area contributed by atoms with E-state index in [9.17, 15) is 10.1 Å². The number of rotatable bonds is 2. The van der Waals surface area contributed by atoms with Crippen molar-refractivity contribution in [3.05, 3.63) is 27.9 Å². The summed E-state index contributed by atoms with van der Waals surface area (Å²) in [4.78, 5) is 14.7. The minimum absolute atomic E-state index is 0.0673. The van der Waals surface area contributed by atoms with E-state index in [2.05, 4.69) is 4.98 Å². The standard InChI is InChI=1S/C15H19N3O2/c16-14-13(4-12(8-17-14)18(19)20)15-5-9-1-10(6-15)3-11(2-9)7-15/h4,8-11H,1-3,5-7H2,(H2,16,17). The molecule has 106 valence electrons. The molecule has 2 N–H and O–H groups in total. The number of pyridine rings is 1. The molecule has 1 aromatic rings. The molecule has 4 aliphatic carbocycles. The highest BCUT2D eigenvalue weighted by Crippen LogP contribution is 2.61. The van der Waals surface area contributed by atoms with Crippen molar-refractivity contribution in [2.24, 2.45) is 17.8 Å². The van der Waals surface area contributed by atoms with Gasteiger partial charge in [-0.05, 0) is 61.7 Å². The largest absolute Gasteiger partial charge is 0.383 e. The summed E-state index contributed by atoms with van der Waals surface area (Å²) in [6, 6.07) is 1.69. The van der Waals surface area contributed by atoms with Crippen LogP contribution in [0.2, 0.25) is 0 Å². The van der Waals surface area contributed by atoms with Crippen LogP contribution in [0.25, 0.3) is 0 Å². The minimum Gasteiger partial charge on any atom is -0.383 e. The first-order chi connectivity index (χ1) is 9.56. The molecule has 4 fully saturated rings. The molecule has 5 heteroatoms. The van der Waals surface area contributed by atoms with Crippen LogP contribution in [0.15, 0.2) is 12.3 Å². The summed E-state index contributed by atoms with van der Waals surface area (Å²) in [5.74, 6) is 2.87. The Bertz CT molecular complexity index is 549. The molecule has 1 aromatic heterocycles. The second-order valence-corrected chi connectivity index (χ2v) is 7.08. The molecule has 0 aliphatic heterocycles. The van der Waals surface area contributed by atoms with Gasteiger partial charge in [0.2, 0.25) is 0 Å². The van der Waals surface area contributed by atoms with Crippen LogP contribution in [0.5, 0.6) is 0 Å². The predicted molar refractivity (Wildman–Crippen MR) is 75.2 cm³/mol. The molecular formula is C15H19N3O2. The third-order valence-corrected chi connectivity index (χ3v) is 5.72. The maximum atomic E-state index is 11.0. The van der Waals surface area contributed by atoms with E-state index in [4.69, 9.17) is 5.73 Å². The second-order valence-electron chi connectivity index (χ2n) is 7.08. The van der Waals surface area contributed by atoms with Crippen LogP contribution >= 0.6 is 0 Å². The molecule has 0 atom stereocenters. The SMILES string of the molecule is Nc1ncc([N+](=O)[O-])cc1C12CC3CC(CC(C3)C1)C2. The topological polar surface area (TPSA) is 82.0 Å². The van der Waals surface area contributed by atoms with Crippen molar-refractivity contribution < 1.29 is 4.92 Å². The summed E-state index contributed by atoms with van der Waals surface area (Å²) in [6.45, 7) is 0. The number of nitro groups is 1. The first-order valence-electron chi connectivity index (χ1n) is 7.46. The zero-order valence-corrected chi connectivity index (χ0v) is 11.4. The van der Waals surface area contributed by atoms with Gasteiger partial charge in [0.05, 0.1) is 4.92 Å². The Kier molecular flexibility index (Phi) is 2.38. The summed E-state index contributed by atoms with van der Waals surface area (Å²) in [5.41, 5.74) is 7.17. The molecule has 0 unspecified atom stereocenters. The summed E-state index contributed by atoms with van der Waals surface area (Å²) >= 11 is 0. The lowest BCUT2D eigenvalue weighted by molar-refractivity contribution is -0.385. The van der Waals surface area contributed by atoms with Crippen LogP contribution in [0, 0.1) is 27.9 Å². The second kappa shape index (κ2) is 3.93. The van der Waals surface area contributed by atoms with Gasteiger partial charge in [-0.25, -0.2) is 4.98 Å². The van der Waals surface area contributed by atoms with Gasteiger partial charge in [-0.1, -0.05) is 0 Å². The lowest BCUT2D eigenvalue weighted by Crippen LogP contribution is -2.48. The van der Waals surface area contributed by atoms with E-state index in [0.717, 1.165) is 42.6 Å². The number of hydrogen-bond acceptors (Lipinski definition) is 4. The van der Waals surface area contributed by atoms with Gasteiger partial charge >= 0.3 is 0 Å². The van der Waals surface area contributed by atoms with Crippen LogP contribution in [0.1, 0.15) is 44.1 Å². The zero-order chi connectivity index (χ0) is 13.9. The van der Waals surface area contributed by atoms with Gasteiger partial charge in [0.25, 0.3) is 5.69 Å². The van der Waals surface area contributed by atoms with Gasteiger partial charge in [0.1, 0.15) is 12.0 Å². The van der Waals surface area contributed by atoms with E-state index in [0.29, 0.717) is 5.82 Å². The van der Waals surface area contributed by atoms with E-state index < -0.39 is 0 Å². The fourth-order valence-corrected chi connectivity index (χ4v) is 5.43. The van der Waals surface area contributed by atoms with Gasteiger partial charge in [0, 0.05) is 11.6 Å². The molecule has 0 saturated heterocycles. The normalized spacial score (nSPS) is 38.1. The van der Waals surface area contributed by atoms with Crippen molar-refractivity contribution in [3.8, 4) is 0 Å². The highest BCUT2D eigenvalue weighted by molar-refractivity contribution is 5.51. The lowest BCUT2D eigenvalue weighted by atomic mass is 9.48. The Morgan fingerprint density at radius 3 is 2.25 bits per heavy atom. The minimum atomic E-state index is -0.365. The number of nitrogens with two attached hydrogens (primary N) is 1. The van der Waals surface area contributed by atoms with E-state index in [1.54, 1.807) is 6.07 Å². The smallest absolute Gasteiger partial charge is 0.288 e. The maximum Gasteiger partial charge on any atom is 0.288 e. The molecule has 5 nitrogen and oxygen atoms in total. The molecular weight excluding hydrogens is 254 g/mol. The Morgan fingerprint density at radius 2 is 1.75 bits per heavy atom. The summed E-state index contributed by atoms with van der Waals surface area (Å²) in [7, 11) is 0. The molecule has 0 aromatic carbocycles. The maximum absolute atomic E-state index is 11.0. The van der Waals surface area contributed by atoms with Crippen LogP contribution in [0.4, 0.5) is 11.5 Å². The zero-order valence-electron chi connectivity index (χ0n) is 11.4. The third-order valence-electron chi connectivity index (χ3n) is 5.72. The molecule has 4 aliphatic rings.